The second kappa shape index (κ2) is 7.52. The topological polar surface area (TPSA) is 71.7 Å². The average molecular weight is 366 g/mol. The van der Waals surface area contributed by atoms with Crippen molar-refractivity contribution >= 4 is 0 Å². The van der Waals surface area contributed by atoms with E-state index in [1.54, 1.807) is 4.57 Å². The van der Waals surface area contributed by atoms with Crippen molar-refractivity contribution in [2.75, 3.05) is 13.1 Å². The largest absolute Gasteiger partial charge is 0.347 e. The van der Waals surface area contributed by atoms with Gasteiger partial charge >= 0.3 is 5.69 Å². The quantitative estimate of drug-likeness (QED) is 0.753. The Labute approximate surface area is 158 Å². The number of nitrogens with zero attached hydrogens (tertiary/aromatic N) is 5. The number of rotatable bonds is 5. The first-order valence-corrected chi connectivity index (χ1v) is 9.63. The Hall–Kier alpha value is -2.67. The van der Waals surface area contributed by atoms with E-state index in [1.807, 2.05) is 41.2 Å². The minimum absolute atomic E-state index is 0.166. The number of likely N-dealkylation sites (tertiary alicyclic amines) is 1. The van der Waals surface area contributed by atoms with Gasteiger partial charge in [0.25, 0.3) is 0 Å². The normalized spacial score (nSPS) is 16.1. The van der Waals surface area contributed by atoms with E-state index in [0.717, 1.165) is 50.5 Å². The fourth-order valence-corrected chi connectivity index (χ4v) is 3.96. The predicted molar refractivity (Wildman–Crippen MR) is 104 cm³/mol. The van der Waals surface area contributed by atoms with Gasteiger partial charge in [0.2, 0.25) is 0 Å². The standard InChI is InChI=1S/C20H26N6O/c1-3-25-15(2)17(13-21-25)14-24-11-9-16(10-12-24)19-22-23-20(27)26(19)18-7-5-4-6-8-18/h4-8,13,16H,3,9-12,14H2,1-2H3,(H,23,27). The van der Waals surface area contributed by atoms with Crippen LogP contribution in [0.2, 0.25) is 0 Å². The van der Waals surface area contributed by atoms with Gasteiger partial charge in [0.15, 0.2) is 0 Å². The minimum Gasteiger partial charge on any atom is -0.299 e. The number of piperidine rings is 1. The van der Waals surface area contributed by atoms with E-state index in [2.05, 4.69) is 34.0 Å². The summed E-state index contributed by atoms with van der Waals surface area (Å²) in [6, 6.07) is 9.74. The van der Waals surface area contributed by atoms with Gasteiger partial charge in [0.05, 0.1) is 11.9 Å². The van der Waals surface area contributed by atoms with Crippen LogP contribution < -0.4 is 5.69 Å². The zero-order valence-corrected chi connectivity index (χ0v) is 15.9. The van der Waals surface area contributed by atoms with Crippen molar-refractivity contribution in [2.45, 2.75) is 45.7 Å². The summed E-state index contributed by atoms with van der Waals surface area (Å²) in [5.74, 6) is 1.14. The summed E-state index contributed by atoms with van der Waals surface area (Å²) in [7, 11) is 0. The molecule has 0 bridgehead atoms. The fourth-order valence-electron chi connectivity index (χ4n) is 3.96. The fraction of sp³-hybridized carbons (Fsp3) is 0.450. The molecule has 0 unspecified atom stereocenters. The van der Waals surface area contributed by atoms with Gasteiger partial charge < -0.3 is 0 Å². The van der Waals surface area contributed by atoms with Crippen molar-refractivity contribution in [1.82, 2.24) is 29.4 Å². The summed E-state index contributed by atoms with van der Waals surface area (Å²) in [5, 5.41) is 11.4. The second-order valence-corrected chi connectivity index (χ2v) is 7.18. The van der Waals surface area contributed by atoms with Gasteiger partial charge in [0, 0.05) is 30.3 Å². The van der Waals surface area contributed by atoms with Crippen LogP contribution in [0.1, 0.15) is 42.8 Å². The molecular weight excluding hydrogens is 340 g/mol. The summed E-state index contributed by atoms with van der Waals surface area (Å²) >= 11 is 0. The van der Waals surface area contributed by atoms with Gasteiger partial charge in [-0.3, -0.25) is 9.58 Å². The van der Waals surface area contributed by atoms with Gasteiger partial charge in [0.1, 0.15) is 5.82 Å². The van der Waals surface area contributed by atoms with Crippen molar-refractivity contribution in [2.24, 2.45) is 0 Å². The van der Waals surface area contributed by atoms with E-state index < -0.39 is 0 Å². The lowest BCUT2D eigenvalue weighted by Gasteiger charge is -2.31. The molecule has 1 aromatic carbocycles. The van der Waals surface area contributed by atoms with E-state index in [-0.39, 0.29) is 5.69 Å². The molecule has 0 atom stereocenters. The number of aromatic nitrogens is 5. The van der Waals surface area contributed by atoms with Crippen LogP contribution in [0.4, 0.5) is 0 Å². The summed E-state index contributed by atoms with van der Waals surface area (Å²) in [6.45, 7) is 8.09. The molecule has 3 aromatic rings. The molecule has 142 valence electrons. The third kappa shape index (κ3) is 3.47. The molecule has 0 spiro atoms. The number of H-pyrrole nitrogens is 1. The van der Waals surface area contributed by atoms with Crippen molar-refractivity contribution in [1.29, 1.82) is 0 Å². The van der Waals surface area contributed by atoms with E-state index in [0.29, 0.717) is 5.92 Å². The SMILES string of the molecule is CCn1ncc(CN2CCC(c3n[nH]c(=O)n3-c3ccccc3)CC2)c1C. The third-order valence-corrected chi connectivity index (χ3v) is 5.56. The second-order valence-electron chi connectivity index (χ2n) is 7.18. The molecule has 0 radical (unpaired) electrons. The van der Waals surface area contributed by atoms with Gasteiger partial charge in [-0.25, -0.2) is 14.5 Å². The van der Waals surface area contributed by atoms with Gasteiger partial charge in [-0.1, -0.05) is 18.2 Å². The number of hydrogen-bond acceptors (Lipinski definition) is 4. The molecule has 0 saturated carbocycles. The first kappa shape index (κ1) is 17.7. The van der Waals surface area contributed by atoms with Crippen LogP contribution in [0.5, 0.6) is 0 Å². The third-order valence-electron chi connectivity index (χ3n) is 5.56. The van der Waals surface area contributed by atoms with Crippen LogP contribution in [-0.2, 0) is 13.1 Å². The molecule has 1 aliphatic heterocycles. The number of benzene rings is 1. The molecular formula is C20H26N6O. The van der Waals surface area contributed by atoms with Crippen LogP contribution in [0.3, 0.4) is 0 Å². The molecule has 2 aromatic heterocycles. The van der Waals surface area contributed by atoms with Gasteiger partial charge in [-0.15, -0.1) is 0 Å². The van der Waals surface area contributed by atoms with Crippen LogP contribution in [0.15, 0.2) is 41.3 Å². The van der Waals surface area contributed by atoms with Crippen molar-refractivity contribution in [3.05, 3.63) is 64.1 Å². The van der Waals surface area contributed by atoms with E-state index in [1.165, 1.54) is 11.3 Å². The lowest BCUT2D eigenvalue weighted by Crippen LogP contribution is -2.33. The Kier molecular flexibility index (Phi) is 4.94. The molecule has 0 aliphatic carbocycles. The Morgan fingerprint density at radius 2 is 1.93 bits per heavy atom. The minimum atomic E-state index is -0.166. The van der Waals surface area contributed by atoms with Crippen LogP contribution in [0, 0.1) is 6.92 Å². The smallest absolute Gasteiger partial charge is 0.299 e. The van der Waals surface area contributed by atoms with E-state index >= 15 is 0 Å². The first-order chi connectivity index (χ1) is 13.2. The Bertz CT molecular complexity index is 947. The predicted octanol–water partition coefficient (Wildman–Crippen LogP) is 2.47. The highest BCUT2D eigenvalue weighted by Gasteiger charge is 2.26. The highest BCUT2D eigenvalue weighted by Crippen LogP contribution is 2.28. The van der Waals surface area contributed by atoms with Gasteiger partial charge in [-0.05, 0) is 51.9 Å². The first-order valence-electron chi connectivity index (χ1n) is 9.63. The molecule has 1 N–H and O–H groups in total. The number of nitrogens with one attached hydrogen (secondary N) is 1. The van der Waals surface area contributed by atoms with Crippen LogP contribution in [-0.4, -0.2) is 42.5 Å². The molecule has 1 saturated heterocycles. The molecule has 1 aliphatic rings. The maximum atomic E-state index is 12.3. The Morgan fingerprint density at radius 3 is 2.59 bits per heavy atom. The van der Waals surface area contributed by atoms with Crippen LogP contribution in [0.25, 0.3) is 5.69 Å². The van der Waals surface area contributed by atoms with Gasteiger partial charge in [-0.2, -0.15) is 10.2 Å². The molecule has 7 heteroatoms. The molecule has 4 rings (SSSR count). The highest BCUT2D eigenvalue weighted by atomic mass is 16.1. The van der Waals surface area contributed by atoms with E-state index in [4.69, 9.17) is 0 Å². The van der Waals surface area contributed by atoms with Crippen molar-refractivity contribution in [3.8, 4) is 5.69 Å². The Morgan fingerprint density at radius 1 is 1.19 bits per heavy atom. The van der Waals surface area contributed by atoms with E-state index in [9.17, 15) is 4.79 Å². The number of para-hydroxylation sites is 1. The summed E-state index contributed by atoms with van der Waals surface area (Å²) in [6.07, 6.45) is 3.99. The maximum Gasteiger partial charge on any atom is 0.347 e. The maximum absolute atomic E-state index is 12.3. The number of hydrogen-bond donors (Lipinski definition) is 1. The zero-order valence-electron chi connectivity index (χ0n) is 15.9. The van der Waals surface area contributed by atoms with Crippen molar-refractivity contribution in [3.63, 3.8) is 0 Å². The lowest BCUT2D eigenvalue weighted by atomic mass is 9.95. The van der Waals surface area contributed by atoms with Crippen LogP contribution >= 0.6 is 0 Å². The Balaban J connectivity index is 1.46. The summed E-state index contributed by atoms with van der Waals surface area (Å²) in [4.78, 5) is 14.8. The zero-order chi connectivity index (χ0) is 18.8. The monoisotopic (exact) mass is 366 g/mol. The number of aromatic amines is 1. The molecule has 1 fully saturated rings. The molecule has 0 amide bonds. The summed E-state index contributed by atoms with van der Waals surface area (Å²) < 4.78 is 3.76. The lowest BCUT2D eigenvalue weighted by molar-refractivity contribution is 0.200. The van der Waals surface area contributed by atoms with Crippen molar-refractivity contribution < 1.29 is 0 Å². The molecule has 7 nitrogen and oxygen atoms in total. The number of aryl methyl sites for hydroxylation is 1. The highest BCUT2D eigenvalue weighted by molar-refractivity contribution is 5.32. The average Bonchev–Trinajstić information content (AvgIpc) is 3.26. The summed E-state index contributed by atoms with van der Waals surface area (Å²) in [5.41, 5.74) is 3.26. The molecule has 27 heavy (non-hydrogen) atoms. The molecule has 3 heterocycles.